The molecule has 1 aliphatic heterocycles. The molecule has 170 valence electrons. The maximum atomic E-state index is 13.1. The Morgan fingerprint density at radius 1 is 0.938 bits per heavy atom. The summed E-state index contributed by atoms with van der Waals surface area (Å²) in [6.07, 6.45) is 1.90. The van der Waals surface area contributed by atoms with Crippen LogP contribution in [-0.2, 0) is 14.8 Å². The lowest BCUT2D eigenvalue weighted by Crippen LogP contribution is -2.51. The molecule has 0 radical (unpaired) electrons. The molecule has 2 fully saturated rings. The van der Waals surface area contributed by atoms with Crippen LogP contribution in [0.15, 0.2) is 41.3 Å². The summed E-state index contributed by atoms with van der Waals surface area (Å²) in [4.78, 5) is 28.7. The first-order valence-electron chi connectivity index (χ1n) is 10.6. The van der Waals surface area contributed by atoms with Crippen LogP contribution in [-0.4, -0.2) is 56.2 Å². The molecule has 2 aliphatic rings. The molecule has 0 unspecified atom stereocenters. The monoisotopic (exact) mass is 475 g/mol. The number of amides is 2. The summed E-state index contributed by atoms with van der Waals surface area (Å²) in [6.45, 7) is 5.60. The van der Waals surface area contributed by atoms with Gasteiger partial charge in [-0.05, 0) is 68.1 Å². The highest BCUT2D eigenvalue weighted by Gasteiger charge is 2.35. The molecule has 0 bridgehead atoms. The van der Waals surface area contributed by atoms with Crippen molar-refractivity contribution in [3.8, 4) is 0 Å². The molecule has 4 rings (SSSR count). The van der Waals surface area contributed by atoms with E-state index in [0.29, 0.717) is 31.9 Å². The van der Waals surface area contributed by atoms with Crippen molar-refractivity contribution in [2.45, 2.75) is 31.6 Å². The van der Waals surface area contributed by atoms with Gasteiger partial charge in [-0.3, -0.25) is 14.3 Å². The highest BCUT2D eigenvalue weighted by atomic mass is 35.5. The summed E-state index contributed by atoms with van der Waals surface area (Å²) < 4.78 is 28.4. The SMILES string of the molecule is Cc1ccc(NS(=O)(=O)c2ccc(Cl)c(C(=O)N3CCN(C(=O)C4CC4)CC3)c2)cc1C. The van der Waals surface area contributed by atoms with E-state index in [4.69, 9.17) is 11.6 Å². The number of rotatable bonds is 5. The molecule has 1 heterocycles. The number of anilines is 1. The molecule has 1 saturated carbocycles. The molecule has 7 nitrogen and oxygen atoms in total. The summed E-state index contributed by atoms with van der Waals surface area (Å²) in [6, 6.07) is 9.43. The zero-order valence-corrected chi connectivity index (χ0v) is 19.7. The second-order valence-electron chi connectivity index (χ2n) is 8.44. The fourth-order valence-corrected chi connectivity index (χ4v) is 5.02. The first kappa shape index (κ1) is 22.6. The van der Waals surface area contributed by atoms with Crippen LogP contribution in [0, 0.1) is 19.8 Å². The van der Waals surface area contributed by atoms with Crippen LogP contribution in [0.4, 0.5) is 5.69 Å². The number of piperazine rings is 1. The first-order valence-corrected chi connectivity index (χ1v) is 12.5. The molecule has 1 N–H and O–H groups in total. The predicted octanol–water partition coefficient (Wildman–Crippen LogP) is 3.45. The van der Waals surface area contributed by atoms with Crippen LogP contribution in [0.2, 0.25) is 5.02 Å². The number of nitrogens with zero attached hydrogens (tertiary/aromatic N) is 2. The van der Waals surface area contributed by atoms with Crippen molar-refractivity contribution in [2.24, 2.45) is 5.92 Å². The average molecular weight is 476 g/mol. The molecule has 1 saturated heterocycles. The van der Waals surface area contributed by atoms with E-state index < -0.39 is 10.0 Å². The van der Waals surface area contributed by atoms with Gasteiger partial charge in [-0.1, -0.05) is 17.7 Å². The van der Waals surface area contributed by atoms with Crippen molar-refractivity contribution < 1.29 is 18.0 Å². The third-order valence-corrected chi connectivity index (χ3v) is 7.75. The number of sulfonamides is 1. The van der Waals surface area contributed by atoms with Crippen molar-refractivity contribution in [1.82, 2.24) is 9.80 Å². The lowest BCUT2D eigenvalue weighted by atomic mass is 10.1. The van der Waals surface area contributed by atoms with Gasteiger partial charge < -0.3 is 9.80 Å². The van der Waals surface area contributed by atoms with E-state index in [0.717, 1.165) is 24.0 Å². The molecule has 2 aromatic carbocycles. The maximum absolute atomic E-state index is 13.1. The fraction of sp³-hybridized carbons (Fsp3) is 0.391. The molecule has 0 atom stereocenters. The number of nitrogens with one attached hydrogen (secondary N) is 1. The van der Waals surface area contributed by atoms with Crippen LogP contribution in [0.5, 0.6) is 0 Å². The van der Waals surface area contributed by atoms with Gasteiger partial charge >= 0.3 is 0 Å². The lowest BCUT2D eigenvalue weighted by molar-refractivity contribution is -0.134. The van der Waals surface area contributed by atoms with Gasteiger partial charge in [-0.15, -0.1) is 0 Å². The third-order valence-electron chi connectivity index (χ3n) is 6.04. The van der Waals surface area contributed by atoms with Crippen LogP contribution in [0.3, 0.4) is 0 Å². The second-order valence-corrected chi connectivity index (χ2v) is 10.5. The van der Waals surface area contributed by atoms with Crippen LogP contribution < -0.4 is 4.72 Å². The van der Waals surface area contributed by atoms with Crippen molar-refractivity contribution in [1.29, 1.82) is 0 Å². The minimum Gasteiger partial charge on any atom is -0.339 e. The Balaban J connectivity index is 1.50. The Hall–Kier alpha value is -2.58. The molecule has 32 heavy (non-hydrogen) atoms. The van der Waals surface area contributed by atoms with Gasteiger partial charge in [0.2, 0.25) is 5.91 Å². The van der Waals surface area contributed by atoms with Crippen molar-refractivity contribution in [3.63, 3.8) is 0 Å². The maximum Gasteiger partial charge on any atom is 0.261 e. The molecule has 1 aliphatic carbocycles. The molecule has 2 aromatic rings. The Kier molecular flexibility index (Phi) is 6.18. The number of hydrogen-bond donors (Lipinski definition) is 1. The highest BCUT2D eigenvalue weighted by Crippen LogP contribution is 2.31. The predicted molar refractivity (Wildman–Crippen MR) is 123 cm³/mol. The number of halogens is 1. The Morgan fingerprint density at radius 2 is 1.59 bits per heavy atom. The van der Waals surface area contributed by atoms with Crippen LogP contribution in [0.1, 0.15) is 34.3 Å². The summed E-state index contributed by atoms with van der Waals surface area (Å²) in [5.41, 5.74) is 2.62. The Labute approximate surface area is 193 Å². The van der Waals surface area contributed by atoms with E-state index >= 15 is 0 Å². The number of carbonyl (C=O) groups excluding carboxylic acids is 2. The van der Waals surface area contributed by atoms with E-state index in [9.17, 15) is 18.0 Å². The van der Waals surface area contributed by atoms with Gasteiger partial charge in [-0.2, -0.15) is 0 Å². The van der Waals surface area contributed by atoms with E-state index in [1.807, 2.05) is 19.9 Å². The van der Waals surface area contributed by atoms with Gasteiger partial charge in [0, 0.05) is 37.8 Å². The molecular weight excluding hydrogens is 450 g/mol. The zero-order valence-electron chi connectivity index (χ0n) is 18.1. The molecule has 0 aromatic heterocycles. The van der Waals surface area contributed by atoms with Crippen LogP contribution >= 0.6 is 11.6 Å². The number of carbonyl (C=O) groups is 2. The largest absolute Gasteiger partial charge is 0.339 e. The summed E-state index contributed by atoms with van der Waals surface area (Å²) in [7, 11) is -3.90. The van der Waals surface area contributed by atoms with E-state index in [1.165, 1.54) is 18.2 Å². The topological polar surface area (TPSA) is 86.8 Å². The van der Waals surface area contributed by atoms with Crippen molar-refractivity contribution in [2.75, 3.05) is 30.9 Å². The molecular formula is C23H26ClN3O4S. The van der Waals surface area contributed by atoms with Gasteiger partial charge in [0.15, 0.2) is 0 Å². The Bertz CT molecular complexity index is 1170. The fourth-order valence-electron chi connectivity index (χ4n) is 3.74. The zero-order chi connectivity index (χ0) is 23.0. The molecule has 9 heteroatoms. The van der Waals surface area contributed by atoms with Crippen molar-refractivity contribution in [3.05, 3.63) is 58.1 Å². The third kappa shape index (κ3) is 4.76. The standard InChI is InChI=1S/C23H26ClN3O4S/c1-15-3-6-18(13-16(15)2)25-32(30,31)19-7-8-21(24)20(14-19)23(29)27-11-9-26(10-12-27)22(28)17-4-5-17/h3,6-8,13-14,17,25H,4-5,9-12H2,1-2H3. The molecule has 0 spiro atoms. The summed E-state index contributed by atoms with van der Waals surface area (Å²) in [5, 5.41) is 0.191. The normalized spacial score (nSPS) is 16.7. The Morgan fingerprint density at radius 3 is 2.22 bits per heavy atom. The molecule has 2 amide bonds. The average Bonchev–Trinajstić information content (AvgIpc) is 3.61. The highest BCUT2D eigenvalue weighted by molar-refractivity contribution is 7.92. The number of hydrogen-bond acceptors (Lipinski definition) is 4. The number of aryl methyl sites for hydroxylation is 2. The quantitative estimate of drug-likeness (QED) is 0.717. The minimum atomic E-state index is -3.90. The summed E-state index contributed by atoms with van der Waals surface area (Å²) in [5.74, 6) is -0.0178. The second kappa shape index (κ2) is 8.75. The van der Waals surface area contributed by atoms with E-state index in [1.54, 1.807) is 21.9 Å². The van der Waals surface area contributed by atoms with Crippen LogP contribution in [0.25, 0.3) is 0 Å². The lowest BCUT2D eigenvalue weighted by Gasteiger charge is -2.35. The minimum absolute atomic E-state index is 0.0361. The van der Waals surface area contributed by atoms with E-state index in [-0.39, 0.29) is 33.2 Å². The van der Waals surface area contributed by atoms with Crippen molar-refractivity contribution >= 4 is 39.1 Å². The number of benzene rings is 2. The first-order chi connectivity index (χ1) is 15.2. The smallest absolute Gasteiger partial charge is 0.261 e. The summed E-state index contributed by atoms with van der Waals surface area (Å²) >= 11 is 6.26. The van der Waals surface area contributed by atoms with Gasteiger partial charge in [0.25, 0.3) is 15.9 Å². The van der Waals surface area contributed by atoms with Gasteiger partial charge in [-0.25, -0.2) is 8.42 Å². The van der Waals surface area contributed by atoms with Gasteiger partial charge in [0.05, 0.1) is 15.5 Å². The van der Waals surface area contributed by atoms with E-state index in [2.05, 4.69) is 4.72 Å². The van der Waals surface area contributed by atoms with Gasteiger partial charge in [0.1, 0.15) is 0 Å².